The van der Waals surface area contributed by atoms with E-state index in [-0.39, 0.29) is 1.43 Å². The Morgan fingerprint density at radius 3 is 1.00 bits per heavy atom. The quantitative estimate of drug-likeness (QED) is 0.427. The van der Waals surface area contributed by atoms with Crippen LogP contribution in [0.3, 0.4) is 0 Å². The van der Waals surface area contributed by atoms with Gasteiger partial charge in [-0.25, -0.2) is 0 Å². The number of hydrogen-bond acceptors (Lipinski definition) is 1. The molecule has 3 N–H and O–H groups in total. The molecule has 0 heterocycles. The van der Waals surface area contributed by atoms with Crippen LogP contribution in [0.4, 0.5) is 0 Å². The average molecular weight is 277 g/mol. The van der Waals surface area contributed by atoms with E-state index >= 15 is 0 Å². The minimum atomic E-state index is 0. The molecule has 0 saturated carbocycles. The van der Waals surface area contributed by atoms with E-state index in [0.717, 1.165) is 0 Å². The highest BCUT2D eigenvalue weighted by Gasteiger charge is 2.24. The lowest BCUT2D eigenvalue weighted by molar-refractivity contribution is -0.929. The van der Waals surface area contributed by atoms with Crippen LogP contribution < -0.4 is 5.90 Å². The fourth-order valence-electron chi connectivity index (χ4n) is 2.64. The van der Waals surface area contributed by atoms with Crippen LogP contribution in [-0.4, -0.2) is 30.7 Å². The zero-order valence-electron chi connectivity index (χ0n) is 15.0. The van der Waals surface area contributed by atoms with Gasteiger partial charge in [0, 0.05) is 0 Å². The predicted octanol–water partition coefficient (Wildman–Crippen LogP) is 3.84. The number of unbranched alkanes of at least 4 members (excludes halogenated alkanes) is 4. The Kier molecular flexibility index (Phi) is 17.8. The fourth-order valence-corrected chi connectivity index (χ4v) is 2.64. The highest BCUT2D eigenvalue weighted by Crippen LogP contribution is 2.16. The van der Waals surface area contributed by atoms with Gasteiger partial charge in [0.1, 0.15) is 0 Å². The molecule has 3 nitrogen and oxygen atoms in total. The van der Waals surface area contributed by atoms with Crippen molar-refractivity contribution in [1.29, 1.82) is 0 Å². The Morgan fingerprint density at radius 1 is 0.632 bits per heavy atom. The fraction of sp³-hybridized carbons (Fsp3) is 1.00. The third-order valence-corrected chi connectivity index (χ3v) is 3.94. The summed E-state index contributed by atoms with van der Waals surface area (Å²) >= 11 is 0. The maximum absolute atomic E-state index is 8.00. The average Bonchev–Trinajstić information content (AvgIpc) is 2.48. The van der Waals surface area contributed by atoms with E-state index in [9.17, 15) is 0 Å². The van der Waals surface area contributed by atoms with Crippen LogP contribution in [-0.2, 0) is 0 Å². The predicted molar refractivity (Wildman–Crippen MR) is 86.7 cm³/mol. The second-order valence-corrected chi connectivity index (χ2v) is 5.65. The monoisotopic (exact) mass is 276 g/mol. The molecule has 3 heteroatoms. The van der Waals surface area contributed by atoms with E-state index in [2.05, 4.69) is 27.7 Å². The molecule has 0 aromatic heterocycles. The van der Waals surface area contributed by atoms with Gasteiger partial charge in [-0.05, 0) is 25.7 Å². The van der Waals surface area contributed by atoms with Crippen molar-refractivity contribution in [2.45, 2.75) is 79.1 Å². The van der Waals surface area contributed by atoms with Crippen LogP contribution in [0.15, 0.2) is 0 Å². The van der Waals surface area contributed by atoms with Gasteiger partial charge in [0.05, 0.1) is 26.2 Å². The van der Waals surface area contributed by atoms with E-state index in [0.29, 0.717) is 0 Å². The first-order chi connectivity index (χ1) is 9.24. The first-order valence-corrected chi connectivity index (χ1v) is 8.38. The molecule has 0 aromatic carbocycles. The zero-order chi connectivity index (χ0) is 15.0. The Bertz CT molecular complexity index is 131. The van der Waals surface area contributed by atoms with Crippen molar-refractivity contribution < 1.29 is 11.8 Å². The van der Waals surface area contributed by atoms with Gasteiger partial charge in [-0.15, -0.1) is 0 Å². The summed E-state index contributed by atoms with van der Waals surface area (Å²) in [6.07, 6.45) is 11.1. The molecule has 0 aliphatic carbocycles. The summed E-state index contributed by atoms with van der Waals surface area (Å²) in [7, 11) is 0. The molecule has 0 bridgehead atoms. The zero-order valence-corrected chi connectivity index (χ0v) is 14.0. The summed E-state index contributed by atoms with van der Waals surface area (Å²) in [4.78, 5) is 0. The number of rotatable bonds is 12. The summed E-state index contributed by atoms with van der Waals surface area (Å²) < 4.78 is 1.42. The van der Waals surface area contributed by atoms with Gasteiger partial charge in [0.2, 0.25) is 0 Å². The molecular weight excluding hydrogens is 236 g/mol. The van der Waals surface area contributed by atoms with Crippen molar-refractivity contribution in [2.24, 2.45) is 0 Å². The molecule has 0 saturated heterocycles. The van der Waals surface area contributed by atoms with Crippen molar-refractivity contribution in [3.63, 3.8) is 0 Å². The van der Waals surface area contributed by atoms with E-state index < -0.39 is 0 Å². The standard InChI is InChI=1S/C16H36N.H3NO/c1-5-9-13-17(14-10-6-2,15-11-7-3)16-12-8-4;1-2/h5-16H2,1-4H3;1H3/q+1;/p+1. The van der Waals surface area contributed by atoms with Gasteiger partial charge in [0.25, 0.3) is 0 Å². The molecule has 118 valence electrons. The van der Waals surface area contributed by atoms with Gasteiger partial charge in [0.15, 0.2) is 0 Å². The largest absolute Gasteiger partial charge is 1.00 e. The molecule has 0 amide bonds. The second kappa shape index (κ2) is 15.9. The summed E-state index contributed by atoms with van der Waals surface area (Å²) in [6, 6.07) is 0. The topological polar surface area (TPSA) is 50.7 Å². The number of quaternary nitrogens is 2. The lowest BCUT2D eigenvalue weighted by atomic mass is 10.1. The summed E-state index contributed by atoms with van der Waals surface area (Å²) in [5.74, 6) is 2.00. The van der Waals surface area contributed by atoms with E-state index in [1.54, 1.807) is 0 Å². The molecule has 0 rings (SSSR count). The Balaban J connectivity index is -0.000000916. The first kappa shape index (κ1) is 21.2. The van der Waals surface area contributed by atoms with Crippen LogP contribution in [0.1, 0.15) is 80.5 Å². The molecule has 0 radical (unpaired) electrons. The minimum absolute atomic E-state index is 0. The molecule has 0 spiro atoms. The molecule has 0 unspecified atom stereocenters. The van der Waals surface area contributed by atoms with E-state index in [4.69, 9.17) is 5.21 Å². The summed E-state index contributed by atoms with van der Waals surface area (Å²) in [5, 5.41) is 8.00. The molecule has 0 atom stereocenters. The van der Waals surface area contributed by atoms with E-state index in [1.807, 2.05) is 5.90 Å². The van der Waals surface area contributed by atoms with Gasteiger partial charge < -0.3 is 15.6 Å². The number of nitrogens with zero attached hydrogens (tertiary/aromatic N) is 1. The number of hydrogen-bond donors (Lipinski definition) is 1. The van der Waals surface area contributed by atoms with Gasteiger partial charge in [-0.2, -0.15) is 0 Å². The van der Waals surface area contributed by atoms with E-state index in [1.165, 1.54) is 82.0 Å². The minimum Gasteiger partial charge on any atom is -0.637 e. The lowest BCUT2D eigenvalue weighted by Crippen LogP contribution is -2.50. The Hall–Kier alpha value is -0.120. The van der Waals surface area contributed by atoms with Crippen LogP contribution in [0.5, 0.6) is 0 Å². The van der Waals surface area contributed by atoms with Crippen LogP contribution in [0.25, 0.3) is 0 Å². The van der Waals surface area contributed by atoms with Crippen molar-refractivity contribution >= 4 is 0 Å². The molecule has 0 aromatic rings. The van der Waals surface area contributed by atoms with Crippen LogP contribution in [0, 0.1) is 5.21 Å². The van der Waals surface area contributed by atoms with Crippen LogP contribution in [0.2, 0.25) is 0 Å². The molecular formula is C16H40N2O+2. The third kappa shape index (κ3) is 11.4. The molecule has 19 heavy (non-hydrogen) atoms. The maximum atomic E-state index is 8.00. The summed E-state index contributed by atoms with van der Waals surface area (Å²) in [5.41, 5.74) is 0. The van der Waals surface area contributed by atoms with Gasteiger partial charge in [-0.3, -0.25) is 0 Å². The highest BCUT2D eigenvalue weighted by atomic mass is 16.4. The normalized spacial score (nSPS) is 11.1. The van der Waals surface area contributed by atoms with Crippen molar-refractivity contribution in [3.8, 4) is 0 Å². The molecule has 0 aliphatic rings. The smallest absolute Gasteiger partial charge is 0.637 e. The SMILES string of the molecule is CCCC[N+](CCCC)(CCCC)CCCC.[H+].[NH3+][O-]. The van der Waals surface area contributed by atoms with Crippen molar-refractivity contribution in [1.82, 2.24) is 0 Å². The van der Waals surface area contributed by atoms with Crippen molar-refractivity contribution in [2.75, 3.05) is 26.2 Å². The van der Waals surface area contributed by atoms with Crippen LogP contribution >= 0.6 is 0 Å². The Morgan fingerprint density at radius 2 is 0.842 bits per heavy atom. The van der Waals surface area contributed by atoms with Gasteiger partial charge >= 0.3 is 1.43 Å². The van der Waals surface area contributed by atoms with Gasteiger partial charge in [-0.1, -0.05) is 53.4 Å². The molecule has 0 fully saturated rings. The van der Waals surface area contributed by atoms with Crippen molar-refractivity contribution in [3.05, 3.63) is 5.21 Å². The second-order valence-electron chi connectivity index (χ2n) is 5.65. The third-order valence-electron chi connectivity index (χ3n) is 3.94. The highest BCUT2D eigenvalue weighted by molar-refractivity contribution is 4.49. The maximum Gasteiger partial charge on any atom is 1.00 e. The summed E-state index contributed by atoms with van der Waals surface area (Å²) in [6.45, 7) is 15.0. The Labute approximate surface area is 123 Å². The lowest BCUT2D eigenvalue weighted by Gasteiger charge is -2.39. The molecule has 0 aliphatic heterocycles. The first-order valence-electron chi connectivity index (χ1n) is 8.38.